The van der Waals surface area contributed by atoms with Crippen LogP contribution in [0.3, 0.4) is 0 Å². The zero-order valence-corrected chi connectivity index (χ0v) is 8.34. The van der Waals surface area contributed by atoms with Crippen LogP contribution < -0.4 is 0 Å². The third kappa shape index (κ3) is 3.25. The van der Waals surface area contributed by atoms with Crippen molar-refractivity contribution in [3.8, 4) is 0 Å². The molecule has 0 fully saturated rings. The molecule has 0 amide bonds. The first-order valence-corrected chi connectivity index (χ1v) is 5.18. The van der Waals surface area contributed by atoms with E-state index < -0.39 is 0 Å². The van der Waals surface area contributed by atoms with Gasteiger partial charge in [0.25, 0.3) is 0 Å². The molecule has 0 heterocycles. The molecule has 0 aliphatic heterocycles. The molecule has 1 unspecified atom stereocenters. The molecule has 1 atom stereocenters. The summed E-state index contributed by atoms with van der Waals surface area (Å²) >= 11 is 0. The lowest BCUT2D eigenvalue weighted by atomic mass is 9.93. The average molecular weight is 164 g/mol. The van der Waals surface area contributed by atoms with Crippen LogP contribution in [-0.4, -0.2) is 0 Å². The van der Waals surface area contributed by atoms with Gasteiger partial charge < -0.3 is 0 Å². The number of allylic oxidation sites excluding steroid dienone is 4. The standard InChI is InChI=1S/C12H20/c1-3-6-12-8-5-4-7-11(2)9-10-12/h7,9-10,12H,3-6,8H2,1-2H3. The topological polar surface area (TPSA) is 0 Å². The summed E-state index contributed by atoms with van der Waals surface area (Å²) in [6, 6.07) is 0. The molecule has 0 bridgehead atoms. The fraction of sp³-hybridized carbons (Fsp3) is 0.667. The predicted octanol–water partition coefficient (Wildman–Crippen LogP) is 4.09. The molecule has 0 saturated heterocycles. The monoisotopic (exact) mass is 164 g/mol. The van der Waals surface area contributed by atoms with E-state index in [9.17, 15) is 0 Å². The summed E-state index contributed by atoms with van der Waals surface area (Å²) in [4.78, 5) is 0. The number of rotatable bonds is 2. The zero-order valence-electron chi connectivity index (χ0n) is 8.34. The van der Waals surface area contributed by atoms with Crippen LogP contribution in [0.5, 0.6) is 0 Å². The number of hydrogen-bond acceptors (Lipinski definition) is 0. The fourth-order valence-electron chi connectivity index (χ4n) is 1.77. The van der Waals surface area contributed by atoms with Crippen molar-refractivity contribution >= 4 is 0 Å². The third-order valence-corrected chi connectivity index (χ3v) is 2.54. The summed E-state index contributed by atoms with van der Waals surface area (Å²) in [7, 11) is 0. The van der Waals surface area contributed by atoms with Crippen LogP contribution in [0, 0.1) is 5.92 Å². The van der Waals surface area contributed by atoms with E-state index in [2.05, 4.69) is 32.1 Å². The van der Waals surface area contributed by atoms with Crippen LogP contribution >= 0.6 is 0 Å². The van der Waals surface area contributed by atoms with Gasteiger partial charge in [-0.2, -0.15) is 0 Å². The van der Waals surface area contributed by atoms with Gasteiger partial charge in [-0.15, -0.1) is 0 Å². The minimum Gasteiger partial charge on any atom is -0.0816 e. The molecule has 0 aromatic carbocycles. The van der Waals surface area contributed by atoms with Gasteiger partial charge in [0.2, 0.25) is 0 Å². The van der Waals surface area contributed by atoms with E-state index in [0.717, 1.165) is 5.92 Å². The van der Waals surface area contributed by atoms with Crippen LogP contribution in [0.4, 0.5) is 0 Å². The Bertz CT molecular complexity index is 174. The van der Waals surface area contributed by atoms with E-state index in [1.165, 1.54) is 37.7 Å². The van der Waals surface area contributed by atoms with Gasteiger partial charge >= 0.3 is 0 Å². The molecule has 0 aromatic rings. The van der Waals surface area contributed by atoms with Crippen LogP contribution in [0.1, 0.15) is 46.0 Å². The second-order valence-corrected chi connectivity index (χ2v) is 3.79. The van der Waals surface area contributed by atoms with Crippen molar-refractivity contribution in [3.63, 3.8) is 0 Å². The molecule has 0 spiro atoms. The van der Waals surface area contributed by atoms with Crippen molar-refractivity contribution in [2.45, 2.75) is 46.0 Å². The van der Waals surface area contributed by atoms with Gasteiger partial charge in [-0.1, -0.05) is 37.1 Å². The van der Waals surface area contributed by atoms with Crippen molar-refractivity contribution in [1.82, 2.24) is 0 Å². The van der Waals surface area contributed by atoms with Gasteiger partial charge in [-0.25, -0.2) is 0 Å². The lowest BCUT2D eigenvalue weighted by molar-refractivity contribution is 0.516. The smallest absolute Gasteiger partial charge is 0.0230 e. The first-order valence-electron chi connectivity index (χ1n) is 5.18. The second kappa shape index (κ2) is 5.18. The SMILES string of the molecule is CCCC1C=CC(C)=CCCC1. The van der Waals surface area contributed by atoms with Crippen LogP contribution in [-0.2, 0) is 0 Å². The molecule has 0 aromatic heterocycles. The van der Waals surface area contributed by atoms with Gasteiger partial charge in [0, 0.05) is 0 Å². The highest BCUT2D eigenvalue weighted by Gasteiger charge is 2.04. The number of hydrogen-bond donors (Lipinski definition) is 0. The molecular weight excluding hydrogens is 144 g/mol. The Hall–Kier alpha value is -0.520. The summed E-state index contributed by atoms with van der Waals surface area (Å²) in [6.07, 6.45) is 13.7. The lowest BCUT2D eigenvalue weighted by Gasteiger charge is -2.12. The van der Waals surface area contributed by atoms with Crippen molar-refractivity contribution in [3.05, 3.63) is 23.8 Å². The van der Waals surface area contributed by atoms with Gasteiger partial charge in [-0.3, -0.25) is 0 Å². The zero-order chi connectivity index (χ0) is 8.81. The van der Waals surface area contributed by atoms with E-state index in [1.54, 1.807) is 0 Å². The summed E-state index contributed by atoms with van der Waals surface area (Å²) < 4.78 is 0. The molecule has 1 aliphatic rings. The first-order chi connectivity index (χ1) is 5.83. The molecule has 0 saturated carbocycles. The van der Waals surface area contributed by atoms with Gasteiger partial charge in [-0.05, 0) is 38.5 Å². The van der Waals surface area contributed by atoms with Crippen molar-refractivity contribution in [1.29, 1.82) is 0 Å². The van der Waals surface area contributed by atoms with E-state index in [4.69, 9.17) is 0 Å². The van der Waals surface area contributed by atoms with E-state index >= 15 is 0 Å². The highest BCUT2D eigenvalue weighted by Crippen LogP contribution is 2.20. The minimum atomic E-state index is 0.846. The van der Waals surface area contributed by atoms with Crippen LogP contribution in [0.2, 0.25) is 0 Å². The van der Waals surface area contributed by atoms with Gasteiger partial charge in [0.15, 0.2) is 0 Å². The van der Waals surface area contributed by atoms with Gasteiger partial charge in [0.05, 0.1) is 0 Å². The average Bonchev–Trinajstić information content (AvgIpc) is 2.04. The molecule has 12 heavy (non-hydrogen) atoms. The fourth-order valence-corrected chi connectivity index (χ4v) is 1.77. The second-order valence-electron chi connectivity index (χ2n) is 3.79. The Morgan fingerprint density at radius 2 is 2.33 bits per heavy atom. The maximum atomic E-state index is 2.40. The molecule has 68 valence electrons. The molecule has 0 heteroatoms. The normalized spacial score (nSPS) is 24.5. The Balaban J connectivity index is 2.49. The third-order valence-electron chi connectivity index (χ3n) is 2.54. The summed E-state index contributed by atoms with van der Waals surface area (Å²) in [5.41, 5.74) is 1.44. The summed E-state index contributed by atoms with van der Waals surface area (Å²) in [5, 5.41) is 0. The quantitative estimate of drug-likeness (QED) is 0.576. The van der Waals surface area contributed by atoms with E-state index in [1.807, 2.05) is 0 Å². The lowest BCUT2D eigenvalue weighted by Crippen LogP contribution is -1.97. The highest BCUT2D eigenvalue weighted by atomic mass is 14.1. The maximum Gasteiger partial charge on any atom is -0.0230 e. The van der Waals surface area contributed by atoms with Crippen LogP contribution in [0.25, 0.3) is 0 Å². The van der Waals surface area contributed by atoms with E-state index in [0.29, 0.717) is 0 Å². The maximum absolute atomic E-state index is 2.40. The largest absolute Gasteiger partial charge is 0.0816 e. The van der Waals surface area contributed by atoms with Gasteiger partial charge in [0.1, 0.15) is 0 Å². The Labute approximate surface area is 76.4 Å². The molecule has 1 rings (SSSR count). The highest BCUT2D eigenvalue weighted by molar-refractivity contribution is 5.17. The molecular formula is C12H20. The first kappa shape index (κ1) is 9.57. The molecule has 0 nitrogen and oxygen atoms in total. The molecule has 0 N–H and O–H groups in total. The summed E-state index contributed by atoms with van der Waals surface area (Å²) in [5.74, 6) is 0.846. The summed E-state index contributed by atoms with van der Waals surface area (Å²) in [6.45, 7) is 4.47. The minimum absolute atomic E-state index is 0.846. The Kier molecular flexibility index (Phi) is 4.13. The van der Waals surface area contributed by atoms with Crippen molar-refractivity contribution in [2.24, 2.45) is 5.92 Å². The van der Waals surface area contributed by atoms with Crippen molar-refractivity contribution < 1.29 is 0 Å². The molecule has 0 radical (unpaired) electrons. The van der Waals surface area contributed by atoms with Crippen molar-refractivity contribution in [2.75, 3.05) is 0 Å². The Morgan fingerprint density at radius 3 is 3.08 bits per heavy atom. The Morgan fingerprint density at radius 1 is 1.50 bits per heavy atom. The molecule has 1 aliphatic carbocycles. The van der Waals surface area contributed by atoms with Crippen LogP contribution in [0.15, 0.2) is 23.8 Å². The predicted molar refractivity (Wildman–Crippen MR) is 55.1 cm³/mol. The van der Waals surface area contributed by atoms with E-state index in [-0.39, 0.29) is 0 Å².